The largest absolute Gasteiger partial charge is 0.347 e. The van der Waals surface area contributed by atoms with Gasteiger partial charge in [0, 0.05) is 24.7 Å². The lowest BCUT2D eigenvalue weighted by Gasteiger charge is -2.22. The van der Waals surface area contributed by atoms with Crippen LogP contribution in [0.2, 0.25) is 0 Å². The Balaban J connectivity index is 1.47. The van der Waals surface area contributed by atoms with Gasteiger partial charge in [-0.25, -0.2) is 4.98 Å². The molecule has 1 aromatic carbocycles. The monoisotopic (exact) mass is 299 g/mol. The quantitative estimate of drug-likeness (QED) is 0.945. The molecule has 5 heteroatoms. The number of hydrogen-bond donors (Lipinski definition) is 1. The van der Waals surface area contributed by atoms with E-state index in [9.17, 15) is 4.79 Å². The van der Waals surface area contributed by atoms with Crippen LogP contribution in [0.4, 0.5) is 0 Å². The maximum atomic E-state index is 12.4. The number of piperidine rings is 1. The molecule has 21 heavy (non-hydrogen) atoms. The van der Waals surface area contributed by atoms with Crippen LogP contribution in [0.25, 0.3) is 10.6 Å². The van der Waals surface area contributed by atoms with E-state index in [1.807, 2.05) is 30.3 Å². The second-order valence-electron chi connectivity index (χ2n) is 5.78. The van der Waals surface area contributed by atoms with E-state index in [1.54, 1.807) is 6.20 Å². The molecule has 2 unspecified atom stereocenters. The highest BCUT2D eigenvalue weighted by Crippen LogP contribution is 2.29. The second-order valence-corrected chi connectivity index (χ2v) is 6.81. The predicted octanol–water partition coefficient (Wildman–Crippen LogP) is 2.24. The Morgan fingerprint density at radius 2 is 2.14 bits per heavy atom. The van der Waals surface area contributed by atoms with Crippen LogP contribution in [0.3, 0.4) is 0 Å². The van der Waals surface area contributed by atoms with Crippen molar-refractivity contribution < 1.29 is 4.79 Å². The average Bonchev–Trinajstić information content (AvgIpc) is 3.24. The lowest BCUT2D eigenvalue weighted by Crippen LogP contribution is -2.42. The van der Waals surface area contributed by atoms with Crippen molar-refractivity contribution in [2.75, 3.05) is 19.6 Å². The van der Waals surface area contributed by atoms with Gasteiger partial charge in [0.1, 0.15) is 9.88 Å². The van der Waals surface area contributed by atoms with Crippen LogP contribution >= 0.6 is 11.3 Å². The first-order valence-corrected chi connectivity index (χ1v) is 8.16. The maximum Gasteiger partial charge on any atom is 0.263 e. The number of thiazole rings is 1. The lowest BCUT2D eigenvalue weighted by molar-refractivity contribution is 0.0928. The van der Waals surface area contributed by atoms with E-state index < -0.39 is 0 Å². The van der Waals surface area contributed by atoms with E-state index in [2.05, 4.69) is 15.2 Å². The van der Waals surface area contributed by atoms with Crippen molar-refractivity contribution in [2.24, 2.45) is 5.92 Å². The van der Waals surface area contributed by atoms with Crippen LogP contribution in [0.1, 0.15) is 16.1 Å². The Bertz CT molecular complexity index is 655. The lowest BCUT2D eigenvalue weighted by atomic mass is 10.00. The average molecular weight is 299 g/mol. The summed E-state index contributed by atoms with van der Waals surface area (Å²) in [5.41, 5.74) is 1.06. The van der Waals surface area contributed by atoms with Crippen molar-refractivity contribution in [3.8, 4) is 10.6 Å². The van der Waals surface area contributed by atoms with Crippen molar-refractivity contribution in [1.82, 2.24) is 15.2 Å². The van der Waals surface area contributed by atoms with E-state index in [1.165, 1.54) is 24.3 Å². The maximum absolute atomic E-state index is 12.4. The molecule has 2 aliphatic rings. The Morgan fingerprint density at radius 1 is 1.29 bits per heavy atom. The van der Waals surface area contributed by atoms with E-state index in [0.717, 1.165) is 23.7 Å². The summed E-state index contributed by atoms with van der Waals surface area (Å²) in [6, 6.07) is 10.3. The van der Waals surface area contributed by atoms with Crippen molar-refractivity contribution >= 4 is 17.2 Å². The number of carbonyl (C=O) groups is 1. The molecule has 2 aromatic rings. The smallest absolute Gasteiger partial charge is 0.263 e. The normalized spacial score (nSPS) is 27.0. The minimum absolute atomic E-state index is 0.0217. The number of hydrogen-bond acceptors (Lipinski definition) is 4. The van der Waals surface area contributed by atoms with Gasteiger partial charge in [-0.2, -0.15) is 0 Å². The van der Waals surface area contributed by atoms with Gasteiger partial charge in [0.2, 0.25) is 0 Å². The zero-order chi connectivity index (χ0) is 14.2. The van der Waals surface area contributed by atoms with Gasteiger partial charge in [-0.15, -0.1) is 11.3 Å². The molecule has 3 heterocycles. The topological polar surface area (TPSA) is 45.2 Å². The van der Waals surface area contributed by atoms with Crippen LogP contribution in [-0.4, -0.2) is 41.5 Å². The third-order valence-electron chi connectivity index (χ3n) is 4.40. The number of carbonyl (C=O) groups excluding carboxylic acids is 1. The molecular weight excluding hydrogens is 282 g/mol. The van der Waals surface area contributed by atoms with E-state index in [4.69, 9.17) is 0 Å². The number of rotatable bonds is 3. The fourth-order valence-corrected chi connectivity index (χ4v) is 4.11. The number of fused-ring (bicyclic) bond motifs is 2. The molecular formula is C16H17N3OS. The molecule has 108 valence electrons. The number of benzene rings is 1. The van der Waals surface area contributed by atoms with Crippen LogP contribution < -0.4 is 5.32 Å². The van der Waals surface area contributed by atoms with Gasteiger partial charge in [0.05, 0.1) is 6.20 Å². The first-order chi connectivity index (χ1) is 10.3. The SMILES string of the molecule is O=C(NC1CN2CC[C@H]1C2)c1cnc(-c2ccccc2)s1. The molecule has 0 aliphatic carbocycles. The summed E-state index contributed by atoms with van der Waals surface area (Å²) in [6.45, 7) is 3.33. The van der Waals surface area contributed by atoms with E-state index in [0.29, 0.717) is 16.8 Å². The summed E-state index contributed by atoms with van der Waals surface area (Å²) in [4.78, 5) is 19.9. The molecule has 4 rings (SSSR count). The highest BCUT2D eigenvalue weighted by molar-refractivity contribution is 7.16. The molecule has 1 aromatic heterocycles. The summed E-state index contributed by atoms with van der Waals surface area (Å²) >= 11 is 1.46. The standard InChI is InChI=1S/C16H17N3OS/c20-15(18-13-10-19-7-6-12(13)9-19)14-8-17-16(21-14)11-4-2-1-3-5-11/h1-5,8,12-13H,6-7,9-10H2,(H,18,20)/t12-,13?/m0/s1. The van der Waals surface area contributed by atoms with Gasteiger partial charge in [0.25, 0.3) is 5.91 Å². The highest BCUT2D eigenvalue weighted by atomic mass is 32.1. The predicted molar refractivity (Wildman–Crippen MR) is 83.4 cm³/mol. The van der Waals surface area contributed by atoms with Crippen molar-refractivity contribution in [3.63, 3.8) is 0 Å². The number of amides is 1. The summed E-state index contributed by atoms with van der Waals surface area (Å²) < 4.78 is 0. The molecule has 2 aliphatic heterocycles. The Labute approximate surface area is 127 Å². The summed E-state index contributed by atoms with van der Waals surface area (Å²) in [5.74, 6) is 0.656. The first kappa shape index (κ1) is 13.0. The third-order valence-corrected chi connectivity index (χ3v) is 5.44. The zero-order valence-electron chi connectivity index (χ0n) is 11.7. The molecule has 4 nitrogen and oxygen atoms in total. The Kier molecular flexibility index (Phi) is 3.24. The molecule has 1 N–H and O–H groups in total. The van der Waals surface area contributed by atoms with Gasteiger partial charge >= 0.3 is 0 Å². The van der Waals surface area contributed by atoms with Crippen LogP contribution in [-0.2, 0) is 0 Å². The van der Waals surface area contributed by atoms with Crippen LogP contribution in [0.15, 0.2) is 36.5 Å². The fraction of sp³-hybridized carbons (Fsp3) is 0.375. The molecule has 2 fully saturated rings. The molecule has 2 bridgehead atoms. The van der Waals surface area contributed by atoms with Gasteiger partial charge < -0.3 is 10.2 Å². The second kappa shape index (κ2) is 5.24. The molecule has 1 amide bonds. The molecule has 0 saturated carbocycles. The fourth-order valence-electron chi connectivity index (χ4n) is 3.28. The Hall–Kier alpha value is -1.72. The first-order valence-electron chi connectivity index (χ1n) is 7.34. The van der Waals surface area contributed by atoms with Gasteiger partial charge in [0.15, 0.2) is 0 Å². The number of nitrogens with zero attached hydrogens (tertiary/aromatic N) is 2. The van der Waals surface area contributed by atoms with Crippen molar-refractivity contribution in [2.45, 2.75) is 12.5 Å². The summed E-state index contributed by atoms with van der Waals surface area (Å²) in [6.07, 6.45) is 2.90. The van der Waals surface area contributed by atoms with E-state index >= 15 is 0 Å². The van der Waals surface area contributed by atoms with Crippen molar-refractivity contribution in [1.29, 1.82) is 0 Å². The summed E-state index contributed by atoms with van der Waals surface area (Å²) in [7, 11) is 0. The number of aromatic nitrogens is 1. The van der Waals surface area contributed by atoms with Gasteiger partial charge in [-0.1, -0.05) is 30.3 Å². The van der Waals surface area contributed by atoms with Crippen LogP contribution in [0.5, 0.6) is 0 Å². The minimum atomic E-state index is 0.0217. The molecule has 2 saturated heterocycles. The van der Waals surface area contributed by atoms with Gasteiger partial charge in [-0.3, -0.25) is 4.79 Å². The Morgan fingerprint density at radius 3 is 2.86 bits per heavy atom. The van der Waals surface area contributed by atoms with E-state index in [-0.39, 0.29) is 5.91 Å². The molecule has 0 radical (unpaired) electrons. The third kappa shape index (κ3) is 2.47. The number of nitrogens with one attached hydrogen (secondary N) is 1. The van der Waals surface area contributed by atoms with Crippen LogP contribution in [0, 0.1) is 5.92 Å². The minimum Gasteiger partial charge on any atom is -0.347 e. The zero-order valence-corrected chi connectivity index (χ0v) is 12.5. The van der Waals surface area contributed by atoms with Gasteiger partial charge in [-0.05, 0) is 18.9 Å². The molecule has 3 atom stereocenters. The summed E-state index contributed by atoms with van der Waals surface area (Å²) in [5, 5.41) is 4.08. The molecule has 0 spiro atoms. The highest BCUT2D eigenvalue weighted by Gasteiger charge is 2.38. The van der Waals surface area contributed by atoms with Crippen molar-refractivity contribution in [3.05, 3.63) is 41.4 Å².